The molecule has 0 saturated heterocycles. The Bertz CT molecular complexity index is 605. The second kappa shape index (κ2) is 8.73. The molecule has 1 aliphatic carbocycles. The molecule has 0 aliphatic heterocycles. The highest BCUT2D eigenvalue weighted by Crippen LogP contribution is 2.27. The van der Waals surface area contributed by atoms with Crippen molar-refractivity contribution >= 4 is 0 Å². The van der Waals surface area contributed by atoms with E-state index in [4.69, 9.17) is 9.47 Å². The van der Waals surface area contributed by atoms with Crippen LogP contribution in [-0.4, -0.2) is 57.0 Å². The summed E-state index contributed by atoms with van der Waals surface area (Å²) in [6.07, 6.45) is -7.74. The van der Waals surface area contributed by atoms with Gasteiger partial charge in [0.05, 0.1) is 13.2 Å². The highest BCUT2D eigenvalue weighted by molar-refractivity contribution is 5.15. The Balaban J connectivity index is 1.72. The monoisotopic (exact) mass is 360 g/mol. The van der Waals surface area contributed by atoms with Crippen LogP contribution >= 0.6 is 0 Å². The third-order valence-corrected chi connectivity index (χ3v) is 4.62. The van der Waals surface area contributed by atoms with Crippen molar-refractivity contribution in [3.63, 3.8) is 0 Å². The number of aliphatic hydroxyl groups is 4. The van der Waals surface area contributed by atoms with Crippen molar-refractivity contribution in [1.82, 2.24) is 0 Å². The van der Waals surface area contributed by atoms with Crippen LogP contribution in [-0.2, 0) is 22.7 Å². The molecule has 140 valence electrons. The maximum Gasteiger partial charge on any atom is 0.115 e. The molecule has 26 heavy (non-hydrogen) atoms. The van der Waals surface area contributed by atoms with Gasteiger partial charge in [-0.3, -0.25) is 0 Å². The second-order valence-corrected chi connectivity index (χ2v) is 6.48. The Morgan fingerprint density at radius 3 is 1.23 bits per heavy atom. The lowest BCUT2D eigenvalue weighted by Crippen LogP contribution is -2.64. The smallest absolute Gasteiger partial charge is 0.115 e. The summed E-state index contributed by atoms with van der Waals surface area (Å²) >= 11 is 0. The predicted molar refractivity (Wildman–Crippen MR) is 94.1 cm³/mol. The minimum atomic E-state index is -1.51. The van der Waals surface area contributed by atoms with Crippen LogP contribution in [0.1, 0.15) is 11.1 Å². The largest absolute Gasteiger partial charge is 0.387 e. The van der Waals surface area contributed by atoms with E-state index in [0.29, 0.717) is 0 Å². The van der Waals surface area contributed by atoms with E-state index >= 15 is 0 Å². The number of benzene rings is 2. The van der Waals surface area contributed by atoms with Crippen molar-refractivity contribution in [2.75, 3.05) is 0 Å². The summed E-state index contributed by atoms with van der Waals surface area (Å²) in [4.78, 5) is 0. The summed E-state index contributed by atoms with van der Waals surface area (Å²) in [5, 5.41) is 40.7. The average Bonchev–Trinajstić information content (AvgIpc) is 2.69. The van der Waals surface area contributed by atoms with Crippen LogP contribution < -0.4 is 0 Å². The molecular weight excluding hydrogens is 336 g/mol. The molecule has 0 radical (unpaired) electrons. The molecule has 1 saturated carbocycles. The van der Waals surface area contributed by atoms with Gasteiger partial charge < -0.3 is 29.9 Å². The van der Waals surface area contributed by atoms with Crippen LogP contribution in [0.4, 0.5) is 0 Å². The molecule has 1 aliphatic rings. The zero-order chi connectivity index (χ0) is 18.5. The van der Waals surface area contributed by atoms with Crippen LogP contribution in [0.25, 0.3) is 0 Å². The van der Waals surface area contributed by atoms with Gasteiger partial charge in [-0.05, 0) is 11.1 Å². The summed E-state index contributed by atoms with van der Waals surface area (Å²) < 4.78 is 11.5. The first-order valence-corrected chi connectivity index (χ1v) is 8.61. The quantitative estimate of drug-likeness (QED) is 0.603. The summed E-state index contributed by atoms with van der Waals surface area (Å²) in [6, 6.07) is 18.7. The van der Waals surface area contributed by atoms with E-state index in [0.717, 1.165) is 11.1 Å². The maximum atomic E-state index is 10.3. The highest BCUT2D eigenvalue weighted by atomic mass is 16.6. The number of ether oxygens (including phenoxy) is 2. The SMILES string of the molecule is O[C@@H]1[C@H](O)[C@H](O)[C@@H](OCc2ccccc2)[C@H](OCc2ccccc2)[C@H]1O. The third-order valence-electron chi connectivity index (χ3n) is 4.62. The van der Waals surface area contributed by atoms with Crippen LogP contribution in [0.3, 0.4) is 0 Å². The Kier molecular flexibility index (Phi) is 6.37. The van der Waals surface area contributed by atoms with Gasteiger partial charge in [0, 0.05) is 0 Å². The first-order valence-electron chi connectivity index (χ1n) is 8.61. The number of aliphatic hydroxyl groups excluding tert-OH is 4. The molecule has 0 unspecified atom stereocenters. The molecule has 4 N–H and O–H groups in total. The molecule has 3 rings (SSSR count). The fourth-order valence-corrected chi connectivity index (χ4v) is 3.10. The third kappa shape index (κ3) is 4.29. The van der Waals surface area contributed by atoms with Crippen molar-refractivity contribution in [1.29, 1.82) is 0 Å². The van der Waals surface area contributed by atoms with Crippen molar-refractivity contribution in [3.05, 3.63) is 71.8 Å². The Morgan fingerprint density at radius 2 is 0.885 bits per heavy atom. The zero-order valence-electron chi connectivity index (χ0n) is 14.3. The summed E-state index contributed by atoms with van der Waals surface area (Å²) in [5.41, 5.74) is 1.77. The molecule has 2 aromatic carbocycles. The van der Waals surface area contributed by atoms with Crippen LogP contribution in [0.15, 0.2) is 60.7 Å². The van der Waals surface area contributed by atoms with E-state index in [2.05, 4.69) is 0 Å². The topological polar surface area (TPSA) is 99.4 Å². The molecule has 0 aromatic heterocycles. The number of hydrogen-bond donors (Lipinski definition) is 4. The number of rotatable bonds is 6. The second-order valence-electron chi connectivity index (χ2n) is 6.48. The van der Waals surface area contributed by atoms with Gasteiger partial charge in [-0.2, -0.15) is 0 Å². The molecule has 2 aromatic rings. The lowest BCUT2D eigenvalue weighted by atomic mass is 9.84. The van der Waals surface area contributed by atoms with Crippen molar-refractivity contribution < 1.29 is 29.9 Å². The maximum absolute atomic E-state index is 10.3. The van der Waals surface area contributed by atoms with Gasteiger partial charge in [0.25, 0.3) is 0 Å². The van der Waals surface area contributed by atoms with E-state index < -0.39 is 36.6 Å². The van der Waals surface area contributed by atoms with Crippen LogP contribution in [0, 0.1) is 0 Å². The molecule has 6 atom stereocenters. The standard InChI is InChI=1S/C20H24O6/c21-15-16(22)18(24)20(26-12-14-9-5-2-6-10-14)19(17(15)23)25-11-13-7-3-1-4-8-13/h1-10,15-24H,11-12H2/t15-,16+,17-,18-,19+,20+/m0/s1. The molecule has 6 nitrogen and oxygen atoms in total. The van der Waals surface area contributed by atoms with Gasteiger partial charge in [0.15, 0.2) is 0 Å². The first-order chi connectivity index (χ1) is 12.6. The molecule has 0 heterocycles. The van der Waals surface area contributed by atoms with Gasteiger partial charge in [0.1, 0.15) is 36.6 Å². The molecule has 0 amide bonds. The normalized spacial score (nSPS) is 31.7. The predicted octanol–water partition coefficient (Wildman–Crippen LogP) is 0.614. The van der Waals surface area contributed by atoms with Crippen LogP contribution in [0.5, 0.6) is 0 Å². The lowest BCUT2D eigenvalue weighted by molar-refractivity contribution is -0.251. The summed E-state index contributed by atoms with van der Waals surface area (Å²) in [6.45, 7) is 0.368. The van der Waals surface area contributed by atoms with Crippen LogP contribution in [0.2, 0.25) is 0 Å². The lowest BCUT2D eigenvalue weighted by Gasteiger charge is -2.43. The van der Waals surface area contributed by atoms with E-state index in [1.165, 1.54) is 0 Å². The summed E-state index contributed by atoms with van der Waals surface area (Å²) in [5.74, 6) is 0. The minimum Gasteiger partial charge on any atom is -0.387 e. The molecule has 0 spiro atoms. The Labute approximate surface area is 152 Å². The van der Waals surface area contributed by atoms with Crippen molar-refractivity contribution in [2.45, 2.75) is 49.8 Å². The minimum absolute atomic E-state index is 0.184. The molecule has 1 fully saturated rings. The molecule has 0 bridgehead atoms. The zero-order valence-corrected chi connectivity index (χ0v) is 14.3. The van der Waals surface area contributed by atoms with E-state index in [-0.39, 0.29) is 13.2 Å². The Morgan fingerprint density at radius 1 is 0.538 bits per heavy atom. The molecular formula is C20H24O6. The van der Waals surface area contributed by atoms with Gasteiger partial charge >= 0.3 is 0 Å². The first kappa shape index (κ1) is 19.0. The van der Waals surface area contributed by atoms with Gasteiger partial charge in [0.2, 0.25) is 0 Å². The fraction of sp³-hybridized carbons (Fsp3) is 0.400. The fourth-order valence-electron chi connectivity index (χ4n) is 3.10. The van der Waals surface area contributed by atoms with Gasteiger partial charge in [-0.1, -0.05) is 60.7 Å². The number of hydrogen-bond acceptors (Lipinski definition) is 6. The molecule has 6 heteroatoms. The van der Waals surface area contributed by atoms with Gasteiger partial charge in [-0.15, -0.1) is 0 Å². The van der Waals surface area contributed by atoms with Crippen molar-refractivity contribution in [3.8, 4) is 0 Å². The highest BCUT2D eigenvalue weighted by Gasteiger charge is 2.50. The summed E-state index contributed by atoms with van der Waals surface area (Å²) in [7, 11) is 0. The van der Waals surface area contributed by atoms with E-state index in [9.17, 15) is 20.4 Å². The van der Waals surface area contributed by atoms with E-state index in [1.54, 1.807) is 0 Å². The average molecular weight is 360 g/mol. The van der Waals surface area contributed by atoms with E-state index in [1.807, 2.05) is 60.7 Å². The Hall–Kier alpha value is -1.80. The van der Waals surface area contributed by atoms with Gasteiger partial charge in [-0.25, -0.2) is 0 Å². The van der Waals surface area contributed by atoms with Crippen molar-refractivity contribution in [2.24, 2.45) is 0 Å².